The lowest BCUT2D eigenvalue weighted by Crippen LogP contribution is -2.21. The Morgan fingerprint density at radius 3 is 2.78 bits per heavy atom. The molecule has 1 saturated carbocycles. The summed E-state index contributed by atoms with van der Waals surface area (Å²) in [5, 5.41) is 3.39. The van der Waals surface area contributed by atoms with Crippen molar-refractivity contribution < 1.29 is 4.74 Å². The Morgan fingerprint density at radius 2 is 2.17 bits per heavy atom. The zero-order chi connectivity index (χ0) is 13.0. The molecular formula is C15H24N2O. The van der Waals surface area contributed by atoms with Crippen LogP contribution in [0.2, 0.25) is 0 Å². The van der Waals surface area contributed by atoms with Crippen molar-refractivity contribution in [2.45, 2.75) is 32.4 Å². The van der Waals surface area contributed by atoms with Crippen molar-refractivity contribution in [3.05, 3.63) is 29.3 Å². The molecule has 3 nitrogen and oxygen atoms in total. The fourth-order valence-electron chi connectivity index (χ4n) is 2.17. The van der Waals surface area contributed by atoms with Gasteiger partial charge in [-0.1, -0.05) is 6.07 Å². The number of methoxy groups -OCH3 is 1. The maximum Gasteiger partial charge on any atom is 0.0587 e. The molecule has 1 aliphatic rings. The molecule has 0 heterocycles. The number of nitrogens with one attached hydrogen (secondary N) is 1. The van der Waals surface area contributed by atoms with Gasteiger partial charge in [-0.05, 0) is 43.0 Å². The highest BCUT2D eigenvalue weighted by Gasteiger charge is 2.26. The standard InChI is InChI=1S/C15H24N2O/c1-12-10-15(17(2)14-6-7-14)5-4-13(12)11-16-8-9-18-3/h4-5,10,14,16H,6-9,11H2,1-3H3. The fraction of sp³-hybridized carbons (Fsp3) is 0.600. The molecule has 100 valence electrons. The lowest BCUT2D eigenvalue weighted by Gasteiger charge is -2.20. The molecule has 1 aromatic rings. The second kappa shape index (κ2) is 6.21. The van der Waals surface area contributed by atoms with E-state index in [1.165, 1.54) is 29.7 Å². The normalized spacial score (nSPS) is 14.8. The summed E-state index contributed by atoms with van der Waals surface area (Å²) in [4.78, 5) is 2.40. The summed E-state index contributed by atoms with van der Waals surface area (Å²) in [6, 6.07) is 7.54. The van der Waals surface area contributed by atoms with Gasteiger partial charge in [0, 0.05) is 39.0 Å². The van der Waals surface area contributed by atoms with E-state index in [1.807, 2.05) is 0 Å². The van der Waals surface area contributed by atoms with Crippen LogP contribution >= 0.6 is 0 Å². The average molecular weight is 248 g/mol. The van der Waals surface area contributed by atoms with Gasteiger partial charge in [-0.2, -0.15) is 0 Å². The Labute approximate surface area is 110 Å². The van der Waals surface area contributed by atoms with Gasteiger partial charge in [0.25, 0.3) is 0 Å². The smallest absolute Gasteiger partial charge is 0.0587 e. The maximum absolute atomic E-state index is 5.02. The summed E-state index contributed by atoms with van der Waals surface area (Å²) < 4.78 is 5.02. The lowest BCUT2D eigenvalue weighted by atomic mass is 10.1. The van der Waals surface area contributed by atoms with E-state index in [1.54, 1.807) is 7.11 Å². The summed E-state index contributed by atoms with van der Waals surface area (Å²) in [6.07, 6.45) is 2.69. The third-order valence-corrected chi connectivity index (χ3v) is 3.63. The quantitative estimate of drug-likeness (QED) is 0.750. The summed E-state index contributed by atoms with van der Waals surface area (Å²) >= 11 is 0. The first kappa shape index (κ1) is 13.4. The molecule has 0 aliphatic heterocycles. The first-order valence-corrected chi connectivity index (χ1v) is 6.74. The van der Waals surface area contributed by atoms with E-state index in [0.717, 1.165) is 25.7 Å². The monoisotopic (exact) mass is 248 g/mol. The third-order valence-electron chi connectivity index (χ3n) is 3.63. The molecule has 0 atom stereocenters. The highest BCUT2D eigenvalue weighted by Crippen LogP contribution is 2.30. The predicted molar refractivity (Wildman–Crippen MR) is 76.2 cm³/mol. The van der Waals surface area contributed by atoms with Gasteiger partial charge < -0.3 is 15.0 Å². The molecule has 0 aromatic heterocycles. The van der Waals surface area contributed by atoms with E-state index in [0.29, 0.717) is 0 Å². The van der Waals surface area contributed by atoms with Gasteiger partial charge >= 0.3 is 0 Å². The Morgan fingerprint density at radius 1 is 1.39 bits per heavy atom. The van der Waals surface area contributed by atoms with E-state index < -0.39 is 0 Å². The Hall–Kier alpha value is -1.06. The lowest BCUT2D eigenvalue weighted by molar-refractivity contribution is 0.199. The van der Waals surface area contributed by atoms with Crippen molar-refractivity contribution >= 4 is 5.69 Å². The van der Waals surface area contributed by atoms with Crippen LogP contribution in [0.15, 0.2) is 18.2 Å². The summed E-state index contributed by atoms with van der Waals surface area (Å²) in [5.74, 6) is 0. The van der Waals surface area contributed by atoms with E-state index in [4.69, 9.17) is 4.74 Å². The number of ether oxygens (including phenoxy) is 1. The number of nitrogens with zero attached hydrogens (tertiary/aromatic N) is 1. The van der Waals surface area contributed by atoms with Crippen LogP contribution in [-0.4, -0.2) is 33.4 Å². The zero-order valence-corrected chi connectivity index (χ0v) is 11.7. The van der Waals surface area contributed by atoms with Gasteiger partial charge in [-0.25, -0.2) is 0 Å². The van der Waals surface area contributed by atoms with E-state index >= 15 is 0 Å². The van der Waals surface area contributed by atoms with Crippen LogP contribution in [0.5, 0.6) is 0 Å². The van der Waals surface area contributed by atoms with Crippen LogP contribution in [-0.2, 0) is 11.3 Å². The molecule has 18 heavy (non-hydrogen) atoms. The van der Waals surface area contributed by atoms with Crippen molar-refractivity contribution in [2.24, 2.45) is 0 Å². The van der Waals surface area contributed by atoms with Gasteiger partial charge in [0.1, 0.15) is 0 Å². The van der Waals surface area contributed by atoms with Crippen LogP contribution in [0, 0.1) is 6.92 Å². The van der Waals surface area contributed by atoms with Crippen molar-refractivity contribution in [1.29, 1.82) is 0 Å². The summed E-state index contributed by atoms with van der Waals surface area (Å²) in [6.45, 7) is 4.78. The SMILES string of the molecule is COCCNCc1ccc(N(C)C2CC2)cc1C. The molecular weight excluding hydrogens is 224 g/mol. The Bertz CT molecular complexity index is 388. The van der Waals surface area contributed by atoms with Gasteiger partial charge in [0.05, 0.1) is 6.61 Å². The van der Waals surface area contributed by atoms with Gasteiger partial charge in [-0.3, -0.25) is 0 Å². The van der Waals surface area contributed by atoms with E-state index in [2.05, 4.69) is 42.4 Å². The van der Waals surface area contributed by atoms with E-state index in [9.17, 15) is 0 Å². The molecule has 3 heteroatoms. The number of hydrogen-bond donors (Lipinski definition) is 1. The number of aryl methyl sites for hydroxylation is 1. The van der Waals surface area contributed by atoms with Crippen molar-refractivity contribution in [2.75, 3.05) is 32.2 Å². The topological polar surface area (TPSA) is 24.5 Å². The highest BCUT2D eigenvalue weighted by atomic mass is 16.5. The highest BCUT2D eigenvalue weighted by molar-refractivity contribution is 5.51. The zero-order valence-electron chi connectivity index (χ0n) is 11.7. The second-order valence-corrected chi connectivity index (χ2v) is 5.12. The van der Waals surface area contributed by atoms with Crippen LogP contribution in [0.25, 0.3) is 0 Å². The van der Waals surface area contributed by atoms with Crippen molar-refractivity contribution in [3.8, 4) is 0 Å². The number of benzene rings is 1. The molecule has 0 radical (unpaired) electrons. The minimum atomic E-state index is 0.765. The maximum atomic E-state index is 5.02. The molecule has 0 saturated heterocycles. The van der Waals surface area contributed by atoms with Crippen molar-refractivity contribution in [3.63, 3.8) is 0 Å². The predicted octanol–water partition coefficient (Wildman–Crippen LogP) is 2.33. The third kappa shape index (κ3) is 3.47. The van der Waals surface area contributed by atoms with Gasteiger partial charge in [0.15, 0.2) is 0 Å². The molecule has 1 aliphatic carbocycles. The van der Waals surface area contributed by atoms with Gasteiger partial charge in [-0.15, -0.1) is 0 Å². The number of rotatable bonds is 7. The second-order valence-electron chi connectivity index (χ2n) is 5.12. The largest absolute Gasteiger partial charge is 0.383 e. The first-order chi connectivity index (χ1) is 8.72. The molecule has 0 amide bonds. The van der Waals surface area contributed by atoms with Crippen LogP contribution < -0.4 is 10.2 Å². The molecule has 1 fully saturated rings. The van der Waals surface area contributed by atoms with E-state index in [-0.39, 0.29) is 0 Å². The minimum absolute atomic E-state index is 0.765. The van der Waals surface area contributed by atoms with Crippen LogP contribution in [0.4, 0.5) is 5.69 Å². The molecule has 0 spiro atoms. The number of hydrogen-bond acceptors (Lipinski definition) is 3. The Kier molecular flexibility index (Phi) is 4.61. The van der Waals surface area contributed by atoms with Crippen LogP contribution in [0.3, 0.4) is 0 Å². The fourth-order valence-corrected chi connectivity index (χ4v) is 2.17. The minimum Gasteiger partial charge on any atom is -0.383 e. The molecule has 2 rings (SSSR count). The Balaban J connectivity index is 1.92. The summed E-state index contributed by atoms with van der Waals surface area (Å²) in [5.41, 5.74) is 4.08. The van der Waals surface area contributed by atoms with Crippen LogP contribution in [0.1, 0.15) is 24.0 Å². The summed E-state index contributed by atoms with van der Waals surface area (Å²) in [7, 11) is 3.93. The molecule has 1 N–H and O–H groups in total. The average Bonchev–Trinajstić information content (AvgIpc) is 3.19. The molecule has 1 aromatic carbocycles. The van der Waals surface area contributed by atoms with Crippen molar-refractivity contribution in [1.82, 2.24) is 5.32 Å². The van der Waals surface area contributed by atoms with Gasteiger partial charge in [0.2, 0.25) is 0 Å². The first-order valence-electron chi connectivity index (χ1n) is 6.74. The number of anilines is 1. The molecule has 0 unspecified atom stereocenters. The molecule has 0 bridgehead atoms.